The maximum absolute atomic E-state index is 14.3. The summed E-state index contributed by atoms with van der Waals surface area (Å²) >= 11 is 0. The second kappa shape index (κ2) is 10.2. The number of rotatable bonds is 7. The third-order valence-corrected chi connectivity index (χ3v) is 11.0. The Labute approximate surface area is 250 Å². The number of pyridine rings is 1. The fourth-order valence-corrected chi connectivity index (χ4v) is 8.17. The molecule has 2 fully saturated rings. The first-order valence-corrected chi connectivity index (χ1v) is 15.9. The molecule has 3 heterocycles. The molecule has 0 aliphatic heterocycles. The lowest BCUT2D eigenvalue weighted by atomic mass is 9.61. The van der Waals surface area contributed by atoms with E-state index in [4.69, 9.17) is 0 Å². The van der Waals surface area contributed by atoms with Crippen molar-refractivity contribution in [2.75, 3.05) is 0 Å². The summed E-state index contributed by atoms with van der Waals surface area (Å²) in [6.07, 6.45) is 3.67. The summed E-state index contributed by atoms with van der Waals surface area (Å²) in [4.78, 5) is 18.4. The van der Waals surface area contributed by atoms with E-state index in [1.54, 1.807) is 40.0 Å². The van der Waals surface area contributed by atoms with Gasteiger partial charge >= 0.3 is 6.18 Å². The van der Waals surface area contributed by atoms with E-state index in [0.29, 0.717) is 35.0 Å². The van der Waals surface area contributed by atoms with Crippen molar-refractivity contribution in [2.24, 2.45) is 11.3 Å². The van der Waals surface area contributed by atoms with E-state index >= 15 is 0 Å². The van der Waals surface area contributed by atoms with Crippen molar-refractivity contribution in [3.05, 3.63) is 95.0 Å². The lowest BCUT2D eigenvalue weighted by Gasteiger charge is -2.43. The van der Waals surface area contributed by atoms with Gasteiger partial charge in [-0.15, -0.1) is 0 Å². The molecule has 0 bridgehead atoms. The van der Waals surface area contributed by atoms with E-state index < -0.39 is 43.8 Å². The topological polar surface area (TPSA) is 99.7 Å². The lowest BCUT2D eigenvalue weighted by Crippen LogP contribution is -2.46. The van der Waals surface area contributed by atoms with E-state index in [-0.39, 0.29) is 36.4 Å². The number of sulfone groups is 1. The Morgan fingerprint density at radius 3 is 2.57 bits per heavy atom. The predicted octanol–water partition coefficient (Wildman–Crippen LogP) is 5.87. The number of hydrogen-bond donors (Lipinski definition) is 0. The first-order chi connectivity index (χ1) is 20.9. The van der Waals surface area contributed by atoms with Crippen LogP contribution in [-0.2, 0) is 29.0 Å². The standard InChI is InChI=1S/C31H27F4N5O3S/c32-23-4-6-24(7-5-23)40-27-14-21-3-8-25(44(42,43)28-10-12-39(38-28)18-19-1-2-19)16-30(21,15-20(27)17-37-40)29(41)26-13-22(9-11-36-26)31(33,34)35/h4-7,9-14,17,19,25H,1-3,8,15-16,18H2/t25-,30-/m0/s1. The highest BCUT2D eigenvalue weighted by molar-refractivity contribution is 7.92. The minimum atomic E-state index is -4.69. The van der Waals surface area contributed by atoms with Gasteiger partial charge in [-0.25, -0.2) is 17.5 Å². The molecule has 8 nitrogen and oxygen atoms in total. The van der Waals surface area contributed by atoms with E-state index in [0.717, 1.165) is 31.2 Å². The first kappa shape index (κ1) is 28.6. The van der Waals surface area contributed by atoms with Gasteiger partial charge in [0.25, 0.3) is 0 Å². The molecule has 0 amide bonds. The van der Waals surface area contributed by atoms with Crippen LogP contribution in [0.3, 0.4) is 0 Å². The fraction of sp³-hybridized carbons (Fsp3) is 0.355. The maximum atomic E-state index is 14.3. The molecule has 228 valence electrons. The van der Waals surface area contributed by atoms with Crippen LogP contribution in [0.15, 0.2) is 71.7 Å². The maximum Gasteiger partial charge on any atom is 0.416 e. The average Bonchev–Trinajstić information content (AvgIpc) is 3.52. The minimum Gasteiger partial charge on any atom is -0.291 e. The van der Waals surface area contributed by atoms with Gasteiger partial charge in [0.2, 0.25) is 0 Å². The number of nitrogens with zero attached hydrogens (tertiary/aromatic N) is 5. The number of ketones is 1. The molecule has 0 saturated heterocycles. The zero-order valence-corrected chi connectivity index (χ0v) is 24.2. The van der Waals surface area contributed by atoms with Crippen LogP contribution < -0.4 is 0 Å². The largest absolute Gasteiger partial charge is 0.416 e. The van der Waals surface area contributed by atoms with Gasteiger partial charge < -0.3 is 0 Å². The average molecular weight is 626 g/mol. The number of fused-ring (bicyclic) bond motifs is 2. The number of benzene rings is 1. The van der Waals surface area contributed by atoms with Gasteiger partial charge in [0.15, 0.2) is 20.6 Å². The Kier molecular flexibility index (Phi) is 6.65. The number of hydrogen-bond acceptors (Lipinski definition) is 6. The Morgan fingerprint density at radius 1 is 1.07 bits per heavy atom. The van der Waals surface area contributed by atoms with Crippen molar-refractivity contribution < 1.29 is 30.8 Å². The van der Waals surface area contributed by atoms with E-state index in [9.17, 15) is 30.8 Å². The molecule has 2 saturated carbocycles. The van der Waals surface area contributed by atoms with Crippen molar-refractivity contribution in [3.8, 4) is 5.69 Å². The van der Waals surface area contributed by atoms with Crippen LogP contribution in [0, 0.1) is 17.2 Å². The third kappa shape index (κ3) is 4.96. The smallest absolute Gasteiger partial charge is 0.291 e. The van der Waals surface area contributed by atoms with Gasteiger partial charge in [-0.3, -0.25) is 14.5 Å². The SMILES string of the molecule is O=C(c1cc(C(F)(F)F)ccn1)[C@]12Cc3cnn(-c4ccc(F)cc4)c3C=C1CC[C@H](S(=O)(=O)c1ccn(CC3CC3)n1)C2. The molecule has 44 heavy (non-hydrogen) atoms. The molecule has 13 heteroatoms. The highest BCUT2D eigenvalue weighted by atomic mass is 32.2. The number of alkyl halides is 3. The fourth-order valence-electron chi connectivity index (χ4n) is 6.43. The summed E-state index contributed by atoms with van der Waals surface area (Å²) in [6, 6.07) is 8.71. The van der Waals surface area contributed by atoms with Crippen LogP contribution in [0.5, 0.6) is 0 Å². The van der Waals surface area contributed by atoms with Crippen LogP contribution in [-0.4, -0.2) is 44.0 Å². The summed E-state index contributed by atoms with van der Waals surface area (Å²) in [7, 11) is -3.98. The van der Waals surface area contributed by atoms with E-state index in [2.05, 4.69) is 15.2 Å². The second-order valence-electron chi connectivity index (χ2n) is 11.9. The highest BCUT2D eigenvalue weighted by Gasteiger charge is 2.52. The Hall–Kier alpha value is -4.13. The molecule has 7 rings (SSSR count). The third-order valence-electron chi connectivity index (χ3n) is 8.93. The highest BCUT2D eigenvalue weighted by Crippen LogP contribution is 2.52. The van der Waals surface area contributed by atoms with Gasteiger partial charge in [-0.2, -0.15) is 23.4 Å². The molecule has 2 atom stereocenters. The molecular formula is C31H27F4N5O3S. The predicted molar refractivity (Wildman–Crippen MR) is 151 cm³/mol. The zero-order chi connectivity index (χ0) is 30.9. The van der Waals surface area contributed by atoms with Gasteiger partial charge in [0, 0.05) is 18.9 Å². The number of aromatic nitrogens is 5. The zero-order valence-electron chi connectivity index (χ0n) is 23.3. The number of carbonyl (C=O) groups excluding carboxylic acids is 1. The molecule has 3 aliphatic carbocycles. The van der Waals surface area contributed by atoms with Crippen LogP contribution >= 0.6 is 0 Å². The van der Waals surface area contributed by atoms with E-state index in [1.165, 1.54) is 18.2 Å². The molecule has 4 aromatic rings. The Balaban J connectivity index is 1.30. The molecule has 0 N–H and O–H groups in total. The monoisotopic (exact) mass is 625 g/mol. The van der Waals surface area contributed by atoms with Crippen molar-refractivity contribution in [1.82, 2.24) is 24.5 Å². The molecule has 3 aliphatic rings. The quantitative estimate of drug-likeness (QED) is 0.188. The lowest BCUT2D eigenvalue weighted by molar-refractivity contribution is -0.137. The summed E-state index contributed by atoms with van der Waals surface area (Å²) in [5, 5.41) is 7.73. The van der Waals surface area contributed by atoms with Crippen LogP contribution in [0.4, 0.5) is 17.6 Å². The number of halogens is 4. The molecule has 0 radical (unpaired) electrons. The van der Waals surface area contributed by atoms with Crippen LogP contribution in [0.25, 0.3) is 11.8 Å². The van der Waals surface area contributed by atoms with Gasteiger partial charge in [0.1, 0.15) is 11.5 Å². The Morgan fingerprint density at radius 2 is 1.84 bits per heavy atom. The molecular weight excluding hydrogens is 598 g/mol. The number of Topliss-reactive ketones (excluding diaryl/α,β-unsaturated/α-hetero) is 1. The molecule has 1 aromatic carbocycles. The van der Waals surface area contributed by atoms with Gasteiger partial charge in [0.05, 0.1) is 33.8 Å². The molecule has 3 aromatic heterocycles. The van der Waals surface area contributed by atoms with Crippen molar-refractivity contribution >= 4 is 21.7 Å². The van der Waals surface area contributed by atoms with Gasteiger partial charge in [-0.05, 0) is 98.5 Å². The van der Waals surface area contributed by atoms with Crippen molar-refractivity contribution in [1.29, 1.82) is 0 Å². The van der Waals surface area contributed by atoms with E-state index in [1.807, 2.05) is 0 Å². The van der Waals surface area contributed by atoms with Crippen molar-refractivity contribution in [2.45, 2.75) is 61.5 Å². The minimum absolute atomic E-state index is 0.0221. The normalized spacial score (nSPS) is 21.8. The Bertz CT molecular complexity index is 1910. The number of carbonyl (C=O) groups is 1. The summed E-state index contributed by atoms with van der Waals surface area (Å²) in [5.74, 6) is -0.599. The van der Waals surface area contributed by atoms with Crippen LogP contribution in [0.1, 0.15) is 59.4 Å². The van der Waals surface area contributed by atoms with Crippen molar-refractivity contribution in [3.63, 3.8) is 0 Å². The summed E-state index contributed by atoms with van der Waals surface area (Å²) in [5.41, 5.74) is -0.415. The first-order valence-electron chi connectivity index (χ1n) is 14.3. The second-order valence-corrected chi connectivity index (χ2v) is 14.0. The van der Waals surface area contributed by atoms with Gasteiger partial charge in [-0.1, -0.05) is 5.57 Å². The summed E-state index contributed by atoms with van der Waals surface area (Å²) in [6.45, 7) is 0.636. The molecule has 0 spiro atoms. The summed E-state index contributed by atoms with van der Waals surface area (Å²) < 4.78 is 85.5. The molecule has 0 unspecified atom stereocenters. The van der Waals surface area contributed by atoms with Crippen LogP contribution in [0.2, 0.25) is 0 Å². The number of allylic oxidation sites excluding steroid dienone is 1.